The van der Waals surface area contributed by atoms with Crippen molar-refractivity contribution in [3.05, 3.63) is 36.3 Å². The van der Waals surface area contributed by atoms with Crippen LogP contribution in [0.4, 0.5) is 22.2 Å². The molecule has 210 valence electrons. The van der Waals surface area contributed by atoms with Crippen molar-refractivity contribution < 1.29 is 14.3 Å². The van der Waals surface area contributed by atoms with Gasteiger partial charge in [0.25, 0.3) is 5.91 Å². The number of piperazine rings is 1. The normalized spacial score (nSPS) is 17.3. The van der Waals surface area contributed by atoms with Gasteiger partial charge in [0.15, 0.2) is 0 Å². The van der Waals surface area contributed by atoms with Crippen molar-refractivity contribution in [2.24, 2.45) is 5.92 Å². The average molecular weight is 537 g/mol. The Labute approximate surface area is 230 Å². The van der Waals surface area contributed by atoms with Crippen LogP contribution in [0.1, 0.15) is 65.0 Å². The Morgan fingerprint density at radius 2 is 1.82 bits per heavy atom. The van der Waals surface area contributed by atoms with Gasteiger partial charge in [0, 0.05) is 44.3 Å². The summed E-state index contributed by atoms with van der Waals surface area (Å²) in [6, 6.07) is 5.86. The quantitative estimate of drug-likeness (QED) is 0.497. The van der Waals surface area contributed by atoms with Gasteiger partial charge >= 0.3 is 6.09 Å². The molecule has 0 saturated carbocycles. The molecule has 0 spiro atoms. The van der Waals surface area contributed by atoms with Crippen molar-refractivity contribution in [3.63, 3.8) is 0 Å². The molecule has 1 saturated heterocycles. The van der Waals surface area contributed by atoms with Crippen LogP contribution in [0.3, 0.4) is 0 Å². The largest absolute Gasteiger partial charge is 0.444 e. The van der Waals surface area contributed by atoms with Crippen LogP contribution in [-0.2, 0) is 4.74 Å². The molecule has 3 aromatic rings. The summed E-state index contributed by atoms with van der Waals surface area (Å²) in [5.74, 6) is 1.29. The van der Waals surface area contributed by atoms with Crippen LogP contribution >= 0.6 is 0 Å². The summed E-state index contributed by atoms with van der Waals surface area (Å²) in [5.41, 5.74) is 1.83. The van der Waals surface area contributed by atoms with E-state index in [0.717, 1.165) is 16.7 Å². The predicted octanol–water partition coefficient (Wildman–Crippen LogP) is 4.59. The number of carbonyl (C=O) groups excluding carboxylic acids is 2. The van der Waals surface area contributed by atoms with Gasteiger partial charge in [0.05, 0.1) is 17.9 Å². The second-order valence-electron chi connectivity index (χ2n) is 10.9. The van der Waals surface area contributed by atoms with Crippen LogP contribution in [-0.4, -0.2) is 74.7 Å². The van der Waals surface area contributed by atoms with E-state index >= 15 is 0 Å². The fourth-order valence-electron chi connectivity index (χ4n) is 4.73. The monoisotopic (exact) mass is 536 g/mol. The zero-order valence-electron chi connectivity index (χ0n) is 24.0. The summed E-state index contributed by atoms with van der Waals surface area (Å²) in [4.78, 5) is 42.4. The Morgan fingerprint density at radius 1 is 1.10 bits per heavy atom. The molecule has 1 unspecified atom stereocenters. The zero-order chi connectivity index (χ0) is 28.3. The minimum atomic E-state index is -0.499. The van der Waals surface area contributed by atoms with Crippen LogP contribution in [0.5, 0.6) is 0 Å². The van der Waals surface area contributed by atoms with Crippen molar-refractivity contribution in [1.29, 1.82) is 0 Å². The Hall–Kier alpha value is -3.89. The molecule has 0 bridgehead atoms. The highest BCUT2D eigenvalue weighted by Gasteiger charge is 2.30. The van der Waals surface area contributed by atoms with Gasteiger partial charge in [0.2, 0.25) is 5.95 Å². The first kappa shape index (κ1) is 28.1. The number of rotatable bonds is 4. The van der Waals surface area contributed by atoms with E-state index in [0.29, 0.717) is 56.1 Å². The first-order chi connectivity index (χ1) is 18.6. The fourth-order valence-corrected chi connectivity index (χ4v) is 4.73. The lowest BCUT2D eigenvalue weighted by Gasteiger charge is -2.36. The van der Waals surface area contributed by atoms with Crippen LogP contribution in [0, 0.1) is 5.92 Å². The number of hydrogen-bond donors (Lipinski definition) is 2. The van der Waals surface area contributed by atoms with E-state index in [1.807, 2.05) is 63.6 Å². The van der Waals surface area contributed by atoms with E-state index in [1.54, 1.807) is 11.1 Å². The standard InChI is InChI=1S/C26H34N8O3.C2H6/c1-16(2)20-15-28-23(35)19-12-17-13-29-24(31-22(17)34(19)20)30-21-7-6-18(14-27-21)32-8-10-33(11-9-32)25(36)37-26(3,4)5;1-2/h6-7,12-14,16,20H,8-11,15H2,1-5H3,(H,28,35)(H,27,29,30,31);1-2H3. The van der Waals surface area contributed by atoms with Crippen LogP contribution in [0.15, 0.2) is 30.6 Å². The van der Waals surface area contributed by atoms with Crippen molar-refractivity contribution >= 4 is 40.5 Å². The number of anilines is 3. The van der Waals surface area contributed by atoms with Crippen LogP contribution in [0.2, 0.25) is 0 Å². The maximum absolute atomic E-state index is 12.4. The first-order valence-corrected chi connectivity index (χ1v) is 13.7. The smallest absolute Gasteiger partial charge is 0.410 e. The maximum atomic E-state index is 12.4. The van der Waals surface area contributed by atoms with E-state index in [2.05, 4.69) is 39.3 Å². The topological polar surface area (TPSA) is 118 Å². The summed E-state index contributed by atoms with van der Waals surface area (Å²) < 4.78 is 7.51. The first-order valence-electron chi connectivity index (χ1n) is 13.7. The van der Waals surface area contributed by atoms with Gasteiger partial charge in [-0.25, -0.2) is 14.8 Å². The number of ether oxygens (including phenoxy) is 1. The van der Waals surface area contributed by atoms with E-state index in [4.69, 9.17) is 9.72 Å². The average Bonchev–Trinajstić information content (AvgIpc) is 3.29. The summed E-state index contributed by atoms with van der Waals surface area (Å²) in [7, 11) is 0. The number of nitrogens with one attached hydrogen (secondary N) is 2. The molecule has 5 heterocycles. The van der Waals surface area contributed by atoms with E-state index in [9.17, 15) is 9.59 Å². The minimum absolute atomic E-state index is 0.0893. The van der Waals surface area contributed by atoms with Gasteiger partial charge in [0.1, 0.15) is 22.8 Å². The van der Waals surface area contributed by atoms with Crippen molar-refractivity contribution in [2.45, 2.75) is 60.1 Å². The highest BCUT2D eigenvalue weighted by Crippen LogP contribution is 2.30. The minimum Gasteiger partial charge on any atom is -0.444 e. The predicted molar refractivity (Wildman–Crippen MR) is 153 cm³/mol. The van der Waals surface area contributed by atoms with Crippen LogP contribution in [0.25, 0.3) is 11.0 Å². The molecular weight excluding hydrogens is 496 g/mol. The lowest BCUT2D eigenvalue weighted by atomic mass is 10.0. The SMILES string of the molecule is CC.CC(C)C1CNC(=O)c2cc3cnc(Nc4ccc(N5CCN(C(=O)OC(C)(C)C)CC5)cn4)nc3n21. The van der Waals surface area contributed by atoms with Crippen molar-refractivity contribution in [3.8, 4) is 0 Å². The molecule has 1 atom stereocenters. The van der Waals surface area contributed by atoms with Crippen LogP contribution < -0.4 is 15.5 Å². The molecule has 0 aliphatic carbocycles. The van der Waals surface area contributed by atoms with Gasteiger partial charge < -0.3 is 29.7 Å². The summed E-state index contributed by atoms with van der Waals surface area (Å²) in [6.45, 7) is 17.1. The molecule has 39 heavy (non-hydrogen) atoms. The molecule has 2 aliphatic rings. The summed E-state index contributed by atoms with van der Waals surface area (Å²) in [5, 5.41) is 6.99. The lowest BCUT2D eigenvalue weighted by molar-refractivity contribution is 0.0240. The van der Waals surface area contributed by atoms with E-state index in [-0.39, 0.29) is 18.0 Å². The summed E-state index contributed by atoms with van der Waals surface area (Å²) in [6.07, 6.45) is 3.27. The number of fused-ring (bicyclic) bond motifs is 3. The Bertz CT molecular complexity index is 1300. The number of nitrogens with zero attached hydrogens (tertiary/aromatic N) is 6. The second-order valence-corrected chi connectivity index (χ2v) is 10.9. The van der Waals surface area contributed by atoms with E-state index < -0.39 is 5.60 Å². The summed E-state index contributed by atoms with van der Waals surface area (Å²) >= 11 is 0. The van der Waals surface area contributed by atoms with Gasteiger partial charge in [-0.3, -0.25) is 4.79 Å². The lowest BCUT2D eigenvalue weighted by Crippen LogP contribution is -2.50. The number of pyridine rings is 1. The molecule has 0 aromatic carbocycles. The van der Waals surface area contributed by atoms with Gasteiger partial charge in [-0.2, -0.15) is 4.98 Å². The molecule has 2 aliphatic heterocycles. The molecule has 11 heteroatoms. The molecule has 1 fully saturated rings. The van der Waals surface area contributed by atoms with Crippen molar-refractivity contribution in [1.82, 2.24) is 29.7 Å². The third kappa shape index (κ3) is 6.23. The molecule has 2 N–H and O–H groups in total. The van der Waals surface area contributed by atoms with E-state index in [1.165, 1.54) is 0 Å². The number of hydrogen-bond acceptors (Lipinski definition) is 8. The Kier molecular flexibility index (Phi) is 8.27. The van der Waals surface area contributed by atoms with Crippen molar-refractivity contribution in [2.75, 3.05) is 42.9 Å². The molecule has 11 nitrogen and oxygen atoms in total. The molecule has 5 rings (SSSR count). The van der Waals surface area contributed by atoms with Gasteiger partial charge in [-0.05, 0) is 44.9 Å². The molecular formula is C28H40N8O3. The second kappa shape index (κ2) is 11.5. The maximum Gasteiger partial charge on any atom is 0.410 e. The third-order valence-corrected chi connectivity index (χ3v) is 6.67. The third-order valence-electron chi connectivity index (χ3n) is 6.67. The highest BCUT2D eigenvalue weighted by molar-refractivity contribution is 5.99. The fraction of sp³-hybridized carbons (Fsp3) is 0.536. The number of carbonyl (C=O) groups is 2. The Morgan fingerprint density at radius 3 is 2.44 bits per heavy atom. The zero-order valence-corrected chi connectivity index (χ0v) is 24.0. The van der Waals surface area contributed by atoms with Gasteiger partial charge in [-0.1, -0.05) is 27.7 Å². The Balaban J connectivity index is 0.00000172. The van der Waals surface area contributed by atoms with Gasteiger partial charge in [-0.15, -0.1) is 0 Å². The highest BCUT2D eigenvalue weighted by atomic mass is 16.6. The number of amides is 2. The molecule has 0 radical (unpaired) electrons. The number of aromatic nitrogens is 4. The molecule has 3 aromatic heterocycles. The molecule has 2 amide bonds.